The lowest BCUT2D eigenvalue weighted by Crippen LogP contribution is -2.29. The molecule has 0 fully saturated rings. The van der Waals surface area contributed by atoms with Crippen LogP contribution in [0.4, 0.5) is 0 Å². The van der Waals surface area contributed by atoms with E-state index in [1.54, 1.807) is 13.1 Å². The van der Waals surface area contributed by atoms with E-state index in [4.69, 9.17) is 11.1 Å². The molecule has 0 bridgehead atoms. The largest absolute Gasteiger partial charge is 0.384 e. The number of nitrogens with two attached hydrogens (primary N) is 1. The van der Waals surface area contributed by atoms with Crippen LogP contribution in [0.25, 0.3) is 11.3 Å². The van der Waals surface area contributed by atoms with Crippen LogP contribution in [-0.4, -0.2) is 15.6 Å². The van der Waals surface area contributed by atoms with Gasteiger partial charge in [-0.25, -0.2) is 4.68 Å². The average Bonchev–Trinajstić information content (AvgIpc) is 2.35. The van der Waals surface area contributed by atoms with Gasteiger partial charge in [-0.05, 0) is 31.5 Å². The Morgan fingerprint density at radius 1 is 1.32 bits per heavy atom. The van der Waals surface area contributed by atoms with E-state index in [1.807, 2.05) is 32.0 Å². The zero-order valence-corrected chi connectivity index (χ0v) is 11.2. The van der Waals surface area contributed by atoms with Gasteiger partial charge in [-0.2, -0.15) is 5.10 Å². The van der Waals surface area contributed by atoms with Gasteiger partial charge < -0.3 is 5.73 Å². The van der Waals surface area contributed by atoms with E-state index in [2.05, 4.69) is 5.10 Å². The third-order valence-electron chi connectivity index (χ3n) is 3.02. The number of aromatic nitrogens is 2. The van der Waals surface area contributed by atoms with E-state index < -0.39 is 0 Å². The Morgan fingerprint density at radius 2 is 2.00 bits per heavy atom. The molecule has 2 rings (SSSR count). The molecule has 0 amide bonds. The molecule has 0 aliphatic carbocycles. The van der Waals surface area contributed by atoms with E-state index in [0.29, 0.717) is 5.69 Å². The van der Waals surface area contributed by atoms with Gasteiger partial charge in [-0.3, -0.25) is 10.2 Å². The molecule has 1 heterocycles. The lowest BCUT2D eigenvalue weighted by Gasteiger charge is -2.09. The SMILES string of the molecule is Cc1ccc(C)c(-c2cc(C(=N)N)c(=O)n(C)n2)c1. The first kappa shape index (κ1) is 13.0. The Labute approximate surface area is 111 Å². The highest BCUT2D eigenvalue weighted by Crippen LogP contribution is 2.22. The predicted molar refractivity (Wildman–Crippen MR) is 75.4 cm³/mol. The van der Waals surface area contributed by atoms with Gasteiger partial charge in [-0.15, -0.1) is 0 Å². The maximum atomic E-state index is 11.8. The lowest BCUT2D eigenvalue weighted by molar-refractivity contribution is 0.709. The molecule has 0 unspecified atom stereocenters. The summed E-state index contributed by atoms with van der Waals surface area (Å²) in [5.41, 5.74) is 9.02. The highest BCUT2D eigenvalue weighted by atomic mass is 16.1. The van der Waals surface area contributed by atoms with Crippen molar-refractivity contribution in [1.29, 1.82) is 5.41 Å². The second-order valence-electron chi connectivity index (χ2n) is 4.60. The fourth-order valence-corrected chi connectivity index (χ4v) is 1.95. The number of hydrogen-bond donors (Lipinski definition) is 2. The van der Waals surface area contributed by atoms with E-state index in [-0.39, 0.29) is 17.0 Å². The standard InChI is InChI=1S/C14H16N4O/c1-8-4-5-9(2)10(6-8)12-7-11(13(15)16)14(19)18(3)17-12/h4-7H,1-3H3,(H3,15,16). The second-order valence-corrected chi connectivity index (χ2v) is 4.60. The summed E-state index contributed by atoms with van der Waals surface area (Å²) >= 11 is 0. The maximum absolute atomic E-state index is 11.8. The van der Waals surface area contributed by atoms with Gasteiger partial charge in [0, 0.05) is 12.6 Å². The summed E-state index contributed by atoms with van der Waals surface area (Å²) in [6.07, 6.45) is 0. The van der Waals surface area contributed by atoms with Crippen LogP contribution < -0.4 is 11.3 Å². The quantitative estimate of drug-likeness (QED) is 0.628. The summed E-state index contributed by atoms with van der Waals surface area (Å²) in [4.78, 5) is 11.8. The van der Waals surface area contributed by atoms with Crippen LogP contribution in [0.1, 0.15) is 16.7 Å². The maximum Gasteiger partial charge on any atom is 0.277 e. The molecule has 1 aromatic heterocycles. The highest BCUT2D eigenvalue weighted by molar-refractivity contribution is 5.95. The molecule has 3 N–H and O–H groups in total. The smallest absolute Gasteiger partial charge is 0.277 e. The van der Waals surface area contributed by atoms with Gasteiger partial charge in [0.1, 0.15) is 5.84 Å². The van der Waals surface area contributed by atoms with Gasteiger partial charge in [0.05, 0.1) is 11.3 Å². The van der Waals surface area contributed by atoms with Crippen LogP contribution in [0, 0.1) is 19.3 Å². The number of rotatable bonds is 2. The monoisotopic (exact) mass is 256 g/mol. The minimum Gasteiger partial charge on any atom is -0.384 e. The first-order chi connectivity index (χ1) is 8.90. The minimum atomic E-state index is -0.360. The predicted octanol–water partition coefficient (Wildman–Crippen LogP) is 1.35. The molecule has 1 aromatic carbocycles. The van der Waals surface area contributed by atoms with Gasteiger partial charge >= 0.3 is 0 Å². The van der Waals surface area contributed by atoms with Crippen LogP contribution in [-0.2, 0) is 7.05 Å². The molecule has 0 saturated heterocycles. The molecule has 0 atom stereocenters. The molecule has 98 valence electrons. The van der Waals surface area contributed by atoms with Gasteiger partial charge in [0.2, 0.25) is 0 Å². The molecular weight excluding hydrogens is 240 g/mol. The third kappa shape index (κ3) is 2.40. The van der Waals surface area contributed by atoms with Crippen LogP contribution in [0.5, 0.6) is 0 Å². The summed E-state index contributed by atoms with van der Waals surface area (Å²) in [5, 5.41) is 11.7. The first-order valence-electron chi connectivity index (χ1n) is 5.90. The second kappa shape index (κ2) is 4.68. The zero-order chi connectivity index (χ0) is 14.2. The average molecular weight is 256 g/mol. The molecular formula is C14H16N4O. The number of amidine groups is 1. The van der Waals surface area contributed by atoms with Gasteiger partial charge in [-0.1, -0.05) is 17.7 Å². The molecule has 0 aliphatic heterocycles. The highest BCUT2D eigenvalue weighted by Gasteiger charge is 2.11. The van der Waals surface area contributed by atoms with Crippen molar-refractivity contribution in [2.45, 2.75) is 13.8 Å². The Kier molecular flexibility index (Phi) is 3.21. The van der Waals surface area contributed by atoms with E-state index >= 15 is 0 Å². The van der Waals surface area contributed by atoms with E-state index in [0.717, 1.165) is 16.7 Å². The van der Waals surface area contributed by atoms with Crippen LogP contribution in [0.15, 0.2) is 29.1 Å². The topological polar surface area (TPSA) is 84.8 Å². The summed E-state index contributed by atoms with van der Waals surface area (Å²) in [6.45, 7) is 3.98. The molecule has 0 saturated carbocycles. The number of nitrogens with zero attached hydrogens (tertiary/aromatic N) is 2. The van der Waals surface area contributed by atoms with Crippen molar-refractivity contribution >= 4 is 5.84 Å². The van der Waals surface area contributed by atoms with Crippen molar-refractivity contribution in [1.82, 2.24) is 9.78 Å². The summed E-state index contributed by atoms with van der Waals surface area (Å²) in [6, 6.07) is 7.61. The van der Waals surface area contributed by atoms with Crippen molar-refractivity contribution in [2.24, 2.45) is 12.8 Å². The lowest BCUT2D eigenvalue weighted by atomic mass is 10.0. The zero-order valence-electron chi connectivity index (χ0n) is 11.2. The van der Waals surface area contributed by atoms with Gasteiger partial charge in [0.25, 0.3) is 5.56 Å². The van der Waals surface area contributed by atoms with E-state index in [1.165, 1.54) is 4.68 Å². The van der Waals surface area contributed by atoms with Crippen LogP contribution in [0.3, 0.4) is 0 Å². The van der Waals surface area contributed by atoms with Crippen molar-refractivity contribution in [3.63, 3.8) is 0 Å². The number of nitrogen functional groups attached to an aromatic ring is 1. The molecule has 5 nitrogen and oxygen atoms in total. The van der Waals surface area contributed by atoms with Crippen molar-refractivity contribution in [3.05, 3.63) is 51.3 Å². The normalized spacial score (nSPS) is 10.5. The number of aryl methyl sites for hydroxylation is 3. The Hall–Kier alpha value is -2.43. The summed E-state index contributed by atoms with van der Waals surface area (Å²) < 4.78 is 1.22. The summed E-state index contributed by atoms with van der Waals surface area (Å²) in [7, 11) is 1.56. The molecule has 0 spiro atoms. The molecule has 5 heteroatoms. The number of hydrogen-bond acceptors (Lipinski definition) is 3. The molecule has 0 aliphatic rings. The molecule has 2 aromatic rings. The molecule has 19 heavy (non-hydrogen) atoms. The van der Waals surface area contributed by atoms with Crippen molar-refractivity contribution < 1.29 is 0 Å². The number of benzene rings is 1. The van der Waals surface area contributed by atoms with Crippen molar-refractivity contribution in [3.8, 4) is 11.3 Å². The van der Waals surface area contributed by atoms with E-state index in [9.17, 15) is 4.79 Å². The Morgan fingerprint density at radius 3 is 2.63 bits per heavy atom. The Balaban J connectivity index is 2.73. The first-order valence-corrected chi connectivity index (χ1v) is 5.90. The fraction of sp³-hybridized carbons (Fsp3) is 0.214. The van der Waals surface area contributed by atoms with Crippen LogP contribution >= 0.6 is 0 Å². The summed E-state index contributed by atoms with van der Waals surface area (Å²) in [5.74, 6) is -0.241. The van der Waals surface area contributed by atoms with Crippen LogP contribution in [0.2, 0.25) is 0 Å². The Bertz CT molecular complexity index is 716. The minimum absolute atomic E-state index is 0.174. The fourth-order valence-electron chi connectivity index (χ4n) is 1.95. The molecule has 0 radical (unpaired) electrons. The third-order valence-corrected chi connectivity index (χ3v) is 3.02. The van der Waals surface area contributed by atoms with Crippen molar-refractivity contribution in [2.75, 3.05) is 0 Å². The number of nitrogens with one attached hydrogen (secondary N) is 1. The van der Waals surface area contributed by atoms with Gasteiger partial charge in [0.15, 0.2) is 0 Å².